The minimum absolute atomic E-state index is 0.377. The average molecular weight is 324 g/mol. The Morgan fingerprint density at radius 1 is 1.08 bits per heavy atom. The summed E-state index contributed by atoms with van der Waals surface area (Å²) in [6.07, 6.45) is 8.18. The van der Waals surface area contributed by atoms with Crippen molar-refractivity contribution in [1.82, 2.24) is 9.97 Å². The largest absolute Gasteiger partial charge is 0.367 e. The van der Waals surface area contributed by atoms with Gasteiger partial charge in [-0.05, 0) is 32.3 Å². The predicted octanol–water partition coefficient (Wildman–Crippen LogP) is 4.64. The second kappa shape index (κ2) is 8.13. The van der Waals surface area contributed by atoms with Crippen LogP contribution in [0.5, 0.6) is 0 Å². The van der Waals surface area contributed by atoms with Crippen molar-refractivity contribution in [3.63, 3.8) is 0 Å². The lowest BCUT2D eigenvalue weighted by Gasteiger charge is -2.29. The third-order valence-electron chi connectivity index (χ3n) is 4.72. The van der Waals surface area contributed by atoms with Gasteiger partial charge >= 0.3 is 0 Å². The summed E-state index contributed by atoms with van der Waals surface area (Å²) in [4.78, 5) is 11.3. The molecule has 0 saturated heterocycles. The molecule has 1 aliphatic rings. The fraction of sp³-hybridized carbons (Fsp3) is 0.500. The lowest BCUT2D eigenvalue weighted by Crippen LogP contribution is -2.31. The molecular formula is C20H28N4. The van der Waals surface area contributed by atoms with Gasteiger partial charge in [-0.25, -0.2) is 9.97 Å². The van der Waals surface area contributed by atoms with E-state index in [2.05, 4.69) is 70.4 Å². The summed E-state index contributed by atoms with van der Waals surface area (Å²) in [5, 5.41) is 3.60. The molecule has 0 radical (unpaired) electrons. The van der Waals surface area contributed by atoms with Gasteiger partial charge in [0.05, 0.1) is 0 Å². The maximum atomic E-state index is 4.53. The van der Waals surface area contributed by atoms with Crippen molar-refractivity contribution >= 4 is 11.6 Å². The molecule has 1 aromatic heterocycles. The number of aromatic nitrogens is 2. The van der Waals surface area contributed by atoms with E-state index in [1.165, 1.54) is 37.7 Å². The number of rotatable bonds is 6. The molecule has 128 valence electrons. The first-order chi connectivity index (χ1) is 11.7. The minimum atomic E-state index is 0.377. The van der Waals surface area contributed by atoms with Crippen molar-refractivity contribution in [2.24, 2.45) is 0 Å². The standard InChI is InChI=1S/C20H28N4/c1-16(2)24(14-17-9-5-3-6-10-17)20-13-19(21-15-22-20)23-18-11-7-4-8-12-18/h3,5-6,9-10,13,15-16,18H,4,7-8,11-12,14H2,1-2H3,(H,21,22,23). The predicted molar refractivity (Wildman–Crippen MR) is 100 cm³/mol. The Morgan fingerprint density at radius 2 is 1.83 bits per heavy atom. The molecule has 4 nitrogen and oxygen atoms in total. The summed E-state index contributed by atoms with van der Waals surface area (Å²) >= 11 is 0. The van der Waals surface area contributed by atoms with Gasteiger partial charge < -0.3 is 10.2 Å². The number of hydrogen-bond donors (Lipinski definition) is 1. The van der Waals surface area contributed by atoms with Crippen molar-refractivity contribution in [1.29, 1.82) is 0 Å². The first kappa shape index (κ1) is 16.7. The zero-order chi connectivity index (χ0) is 16.8. The fourth-order valence-electron chi connectivity index (χ4n) is 3.35. The van der Waals surface area contributed by atoms with Crippen LogP contribution in [0.1, 0.15) is 51.5 Å². The Kier molecular flexibility index (Phi) is 5.68. The molecule has 1 N–H and O–H groups in total. The molecule has 3 rings (SSSR count). The smallest absolute Gasteiger partial charge is 0.134 e. The van der Waals surface area contributed by atoms with Crippen molar-refractivity contribution in [3.05, 3.63) is 48.3 Å². The maximum absolute atomic E-state index is 4.53. The molecule has 4 heteroatoms. The molecule has 0 spiro atoms. The summed E-state index contributed by atoms with van der Waals surface area (Å²) < 4.78 is 0. The molecule has 0 aliphatic heterocycles. The molecule has 2 aromatic rings. The molecule has 1 heterocycles. The number of nitrogens with zero attached hydrogens (tertiary/aromatic N) is 3. The summed E-state index contributed by atoms with van der Waals surface area (Å²) in [6, 6.07) is 13.6. The molecule has 1 fully saturated rings. The Hall–Kier alpha value is -2.10. The fourth-order valence-corrected chi connectivity index (χ4v) is 3.35. The van der Waals surface area contributed by atoms with E-state index < -0.39 is 0 Å². The highest BCUT2D eigenvalue weighted by atomic mass is 15.2. The molecular weight excluding hydrogens is 296 g/mol. The van der Waals surface area contributed by atoms with Crippen molar-refractivity contribution in [2.45, 2.75) is 64.6 Å². The van der Waals surface area contributed by atoms with Crippen LogP contribution in [0.4, 0.5) is 11.6 Å². The van der Waals surface area contributed by atoms with E-state index in [0.29, 0.717) is 12.1 Å². The Balaban J connectivity index is 1.74. The van der Waals surface area contributed by atoms with Crippen LogP contribution in [-0.2, 0) is 6.54 Å². The van der Waals surface area contributed by atoms with Gasteiger partial charge in [0.25, 0.3) is 0 Å². The Morgan fingerprint density at radius 3 is 2.54 bits per heavy atom. The molecule has 1 aromatic carbocycles. The van der Waals surface area contributed by atoms with Crippen LogP contribution < -0.4 is 10.2 Å². The zero-order valence-electron chi connectivity index (χ0n) is 14.8. The highest BCUT2D eigenvalue weighted by Gasteiger charge is 2.16. The quantitative estimate of drug-likeness (QED) is 0.840. The second-order valence-corrected chi connectivity index (χ2v) is 6.95. The van der Waals surface area contributed by atoms with Crippen LogP contribution in [0, 0.1) is 0 Å². The van der Waals surface area contributed by atoms with Crippen molar-refractivity contribution in [3.8, 4) is 0 Å². The first-order valence-corrected chi connectivity index (χ1v) is 9.11. The summed E-state index contributed by atoms with van der Waals surface area (Å²) in [5.74, 6) is 1.94. The first-order valence-electron chi connectivity index (χ1n) is 9.11. The topological polar surface area (TPSA) is 41.0 Å². The number of benzene rings is 1. The van der Waals surface area contributed by atoms with E-state index in [9.17, 15) is 0 Å². The molecule has 1 aliphatic carbocycles. The average Bonchev–Trinajstić information content (AvgIpc) is 2.61. The van der Waals surface area contributed by atoms with Gasteiger partial charge in [0.2, 0.25) is 0 Å². The van der Waals surface area contributed by atoms with Crippen LogP contribution in [0.2, 0.25) is 0 Å². The zero-order valence-corrected chi connectivity index (χ0v) is 14.8. The third-order valence-corrected chi connectivity index (χ3v) is 4.72. The van der Waals surface area contributed by atoms with Gasteiger partial charge in [-0.1, -0.05) is 49.6 Å². The summed E-state index contributed by atoms with van der Waals surface area (Å²) in [6.45, 7) is 5.27. The second-order valence-electron chi connectivity index (χ2n) is 6.95. The lowest BCUT2D eigenvalue weighted by molar-refractivity contribution is 0.462. The molecule has 24 heavy (non-hydrogen) atoms. The monoisotopic (exact) mass is 324 g/mol. The number of anilines is 2. The van der Waals surface area contributed by atoms with Crippen molar-refractivity contribution in [2.75, 3.05) is 10.2 Å². The van der Waals surface area contributed by atoms with E-state index >= 15 is 0 Å². The summed E-state index contributed by atoms with van der Waals surface area (Å²) in [5.41, 5.74) is 1.30. The normalized spacial score (nSPS) is 15.5. The van der Waals surface area contributed by atoms with Crippen LogP contribution in [0.15, 0.2) is 42.7 Å². The molecule has 1 saturated carbocycles. The Bertz CT molecular complexity index is 621. The van der Waals surface area contributed by atoms with E-state index in [-0.39, 0.29) is 0 Å². The van der Waals surface area contributed by atoms with E-state index in [1.54, 1.807) is 6.33 Å². The van der Waals surface area contributed by atoms with Gasteiger partial charge in [-0.15, -0.1) is 0 Å². The lowest BCUT2D eigenvalue weighted by atomic mass is 9.95. The minimum Gasteiger partial charge on any atom is -0.367 e. The van der Waals surface area contributed by atoms with Gasteiger partial charge in [0.15, 0.2) is 0 Å². The number of hydrogen-bond acceptors (Lipinski definition) is 4. The van der Waals surface area contributed by atoms with E-state index in [1.807, 2.05) is 0 Å². The molecule has 0 atom stereocenters. The molecule has 0 unspecified atom stereocenters. The Labute approximate surface area is 145 Å². The van der Waals surface area contributed by atoms with Gasteiger partial charge in [-0.2, -0.15) is 0 Å². The van der Waals surface area contributed by atoms with E-state index in [4.69, 9.17) is 0 Å². The van der Waals surface area contributed by atoms with Gasteiger partial charge in [0.1, 0.15) is 18.0 Å². The SMILES string of the molecule is CC(C)N(Cc1ccccc1)c1cc(NC2CCCCC2)ncn1. The highest BCUT2D eigenvalue weighted by molar-refractivity contribution is 5.50. The van der Waals surface area contributed by atoms with Crippen LogP contribution in [0.25, 0.3) is 0 Å². The van der Waals surface area contributed by atoms with E-state index in [0.717, 1.165) is 18.2 Å². The highest BCUT2D eigenvalue weighted by Crippen LogP contribution is 2.23. The van der Waals surface area contributed by atoms with Crippen LogP contribution in [-0.4, -0.2) is 22.1 Å². The maximum Gasteiger partial charge on any atom is 0.134 e. The summed E-state index contributed by atoms with van der Waals surface area (Å²) in [7, 11) is 0. The van der Waals surface area contributed by atoms with Gasteiger partial charge in [-0.3, -0.25) is 0 Å². The number of nitrogens with one attached hydrogen (secondary N) is 1. The van der Waals surface area contributed by atoms with Crippen LogP contribution in [0.3, 0.4) is 0 Å². The van der Waals surface area contributed by atoms with Gasteiger partial charge in [0, 0.05) is 24.7 Å². The molecule has 0 amide bonds. The third kappa shape index (κ3) is 4.47. The van der Waals surface area contributed by atoms with Crippen LogP contribution >= 0.6 is 0 Å². The molecule has 0 bridgehead atoms. The van der Waals surface area contributed by atoms with Crippen molar-refractivity contribution < 1.29 is 0 Å².